The quantitative estimate of drug-likeness (QED) is 0.318. The largest absolute Gasteiger partial charge is 0.131 e. The van der Waals surface area contributed by atoms with Gasteiger partial charge in [0.05, 0.1) is 0 Å². The Labute approximate surface area is 111 Å². The van der Waals surface area contributed by atoms with Crippen LogP contribution in [-0.2, 0) is 0 Å². The highest BCUT2D eigenvalue weighted by molar-refractivity contribution is 7.18. The van der Waals surface area contributed by atoms with Gasteiger partial charge in [0.1, 0.15) is 0 Å². The predicted octanol–water partition coefficient (Wildman–Crippen LogP) is 5.73. The number of hydrogen-bond acceptors (Lipinski definition) is 0. The normalized spacial score (nSPS) is 25.3. The monoisotopic (exact) mass is 254 g/mol. The molecule has 2 saturated carbocycles. The molecule has 2 rings (SSSR count). The molecule has 0 saturated heterocycles. The molecule has 0 aromatic carbocycles. The van der Waals surface area contributed by atoms with Crippen molar-refractivity contribution in [3.63, 3.8) is 0 Å². The molecular weight excluding hydrogens is 223 g/mol. The average molecular weight is 254 g/mol. The first-order chi connectivity index (χ1) is 8.14. The molecule has 100 valence electrons. The molecule has 2 fully saturated rings. The highest BCUT2D eigenvalue weighted by Crippen LogP contribution is 2.33. The molecule has 0 spiro atoms. The minimum atomic E-state index is 0.580. The van der Waals surface area contributed by atoms with Gasteiger partial charge in [0.2, 0.25) is 0 Å². The third-order valence-electron chi connectivity index (χ3n) is 4.23. The lowest BCUT2D eigenvalue weighted by atomic mass is 9.90. The zero-order valence-corrected chi connectivity index (χ0v) is 12.9. The average Bonchev–Trinajstić information content (AvgIpc) is 2.55. The van der Waals surface area contributed by atoms with E-state index in [-0.39, 0.29) is 0 Å². The molecule has 0 bridgehead atoms. The molecule has 0 radical (unpaired) electrons. The van der Waals surface area contributed by atoms with Crippen LogP contribution in [-0.4, -0.2) is 5.16 Å². The van der Waals surface area contributed by atoms with Crippen LogP contribution in [0.1, 0.15) is 77.6 Å². The maximum absolute atomic E-state index is 3.78. The first kappa shape index (κ1) is 15.2. The van der Waals surface area contributed by atoms with E-state index in [0.717, 1.165) is 5.92 Å². The minimum absolute atomic E-state index is 0.580. The Hall–Kier alpha value is 0.170. The molecule has 0 aromatic heterocycles. The first-order valence-electron chi connectivity index (χ1n) is 7.55. The third kappa shape index (κ3) is 7.24. The lowest BCUT2D eigenvalue weighted by molar-refractivity contribution is 0.420. The minimum Gasteiger partial charge on any atom is -0.131 e. The van der Waals surface area contributed by atoms with E-state index in [1.54, 1.807) is 0 Å². The van der Waals surface area contributed by atoms with Gasteiger partial charge in [0.25, 0.3) is 0 Å². The Morgan fingerprint density at radius 3 is 1.82 bits per heavy atom. The second-order valence-electron chi connectivity index (χ2n) is 6.20. The fraction of sp³-hybridized carbons (Fsp3) is 0.875. The van der Waals surface area contributed by atoms with Gasteiger partial charge in [0.15, 0.2) is 0 Å². The van der Waals surface area contributed by atoms with Crippen molar-refractivity contribution in [1.82, 2.24) is 0 Å². The highest BCUT2D eigenvalue weighted by atomic mass is 31.0. The van der Waals surface area contributed by atoms with Gasteiger partial charge in [-0.15, -0.1) is 15.8 Å². The van der Waals surface area contributed by atoms with Crippen molar-refractivity contribution in [3.05, 3.63) is 12.7 Å². The van der Waals surface area contributed by atoms with Crippen LogP contribution in [0.25, 0.3) is 0 Å². The zero-order chi connectivity index (χ0) is 12.6. The second-order valence-corrected chi connectivity index (χ2v) is 7.60. The van der Waals surface area contributed by atoms with Crippen LogP contribution < -0.4 is 0 Å². The summed E-state index contributed by atoms with van der Waals surface area (Å²) in [5, 5.41) is 0.580. The molecule has 2 aliphatic rings. The van der Waals surface area contributed by atoms with E-state index in [9.17, 15) is 0 Å². The van der Waals surface area contributed by atoms with Gasteiger partial charge in [-0.25, -0.2) is 0 Å². The summed E-state index contributed by atoms with van der Waals surface area (Å²) in [5.74, 6) is 0.851. The van der Waals surface area contributed by atoms with Crippen molar-refractivity contribution in [1.29, 1.82) is 0 Å². The summed E-state index contributed by atoms with van der Waals surface area (Å²) >= 11 is 0. The fourth-order valence-electron chi connectivity index (χ4n) is 2.91. The van der Waals surface area contributed by atoms with Gasteiger partial charge in [-0.3, -0.25) is 0 Å². The summed E-state index contributed by atoms with van der Waals surface area (Å²) in [6, 6.07) is 0. The summed E-state index contributed by atoms with van der Waals surface area (Å²) in [7, 11) is 3.00. The molecule has 0 aromatic rings. The molecule has 17 heavy (non-hydrogen) atoms. The van der Waals surface area contributed by atoms with Crippen LogP contribution >= 0.6 is 9.24 Å². The van der Waals surface area contributed by atoms with Gasteiger partial charge >= 0.3 is 0 Å². The van der Waals surface area contributed by atoms with Gasteiger partial charge < -0.3 is 0 Å². The molecule has 1 unspecified atom stereocenters. The van der Waals surface area contributed by atoms with Crippen LogP contribution in [0, 0.1) is 5.92 Å². The maximum atomic E-state index is 3.78. The predicted molar refractivity (Wildman–Crippen MR) is 82.6 cm³/mol. The Balaban J connectivity index is 0.000000171. The molecule has 0 heterocycles. The lowest BCUT2D eigenvalue weighted by Gasteiger charge is -2.20. The topological polar surface area (TPSA) is 0 Å². The number of allylic oxidation sites excluding steroid dienone is 1. The van der Waals surface area contributed by atoms with Crippen molar-refractivity contribution in [2.75, 3.05) is 0 Å². The Bertz CT molecular complexity index is 192. The Morgan fingerprint density at radius 1 is 0.941 bits per heavy atom. The summed E-state index contributed by atoms with van der Waals surface area (Å²) in [4.78, 5) is 0. The van der Waals surface area contributed by atoms with Crippen molar-refractivity contribution in [2.45, 2.75) is 82.7 Å². The number of rotatable bonds is 1. The van der Waals surface area contributed by atoms with E-state index < -0.39 is 0 Å². The van der Waals surface area contributed by atoms with Gasteiger partial charge in [-0.2, -0.15) is 0 Å². The van der Waals surface area contributed by atoms with E-state index in [1.807, 2.05) is 0 Å². The number of hydrogen-bond donors (Lipinski definition) is 0. The lowest BCUT2D eigenvalue weighted by Crippen LogP contribution is -2.12. The molecule has 1 atom stereocenters. The molecule has 0 aliphatic heterocycles. The molecule has 0 amide bonds. The van der Waals surface area contributed by atoms with Crippen LogP contribution in [0.15, 0.2) is 12.7 Å². The van der Waals surface area contributed by atoms with E-state index in [1.165, 1.54) is 70.6 Å². The smallest absolute Gasteiger partial charge is 0.0178 e. The van der Waals surface area contributed by atoms with Crippen LogP contribution in [0.5, 0.6) is 0 Å². The van der Waals surface area contributed by atoms with Crippen molar-refractivity contribution in [3.8, 4) is 0 Å². The van der Waals surface area contributed by atoms with E-state index in [2.05, 4.69) is 28.8 Å². The molecule has 0 nitrogen and oxygen atoms in total. The zero-order valence-electron chi connectivity index (χ0n) is 11.7. The maximum Gasteiger partial charge on any atom is -0.0178 e. The van der Waals surface area contributed by atoms with Gasteiger partial charge in [0, 0.05) is 0 Å². The summed E-state index contributed by atoms with van der Waals surface area (Å²) in [6.07, 6.45) is 17.8. The molecule has 0 N–H and O–H groups in total. The first-order valence-corrected chi connectivity index (χ1v) is 8.13. The van der Waals surface area contributed by atoms with Crippen molar-refractivity contribution < 1.29 is 0 Å². The van der Waals surface area contributed by atoms with Crippen LogP contribution in [0.4, 0.5) is 0 Å². The van der Waals surface area contributed by atoms with Crippen LogP contribution in [0.2, 0.25) is 0 Å². The van der Waals surface area contributed by atoms with Gasteiger partial charge in [-0.05, 0) is 36.8 Å². The third-order valence-corrected chi connectivity index (χ3v) is 4.81. The van der Waals surface area contributed by atoms with Gasteiger partial charge in [-0.1, -0.05) is 57.9 Å². The Kier molecular flexibility index (Phi) is 7.44. The molecule has 1 heteroatoms. The van der Waals surface area contributed by atoms with Crippen molar-refractivity contribution >= 4 is 9.24 Å². The highest BCUT2D eigenvalue weighted by Gasteiger charge is 2.18. The molecule has 2 aliphatic carbocycles. The second kappa shape index (κ2) is 8.30. The fourth-order valence-corrected chi connectivity index (χ4v) is 3.31. The van der Waals surface area contributed by atoms with E-state index in [4.69, 9.17) is 0 Å². The van der Waals surface area contributed by atoms with E-state index in [0.29, 0.717) is 5.16 Å². The standard InChI is InChI=1S/C8H17P.C8H14/c1-8(9)6-4-2-3-5-7-8;1-2-8-6-4-3-5-7-8/h2-7,9H2,1H3;2,8H,1,3-7H2. The Morgan fingerprint density at radius 2 is 1.41 bits per heavy atom. The summed E-state index contributed by atoms with van der Waals surface area (Å²) in [6.45, 7) is 6.15. The van der Waals surface area contributed by atoms with Crippen molar-refractivity contribution in [2.24, 2.45) is 5.92 Å². The summed E-state index contributed by atoms with van der Waals surface area (Å²) in [5.41, 5.74) is 0. The van der Waals surface area contributed by atoms with Crippen LogP contribution in [0.3, 0.4) is 0 Å². The molecular formula is C16H31P. The van der Waals surface area contributed by atoms with E-state index >= 15 is 0 Å². The summed E-state index contributed by atoms with van der Waals surface area (Å²) < 4.78 is 0. The SMILES string of the molecule is C=CC1CCCCC1.CC1(P)CCCCCC1.